The molecule has 0 fully saturated rings. The second kappa shape index (κ2) is 9.15. The molecule has 2 aromatic rings. The van der Waals surface area contributed by atoms with Crippen molar-refractivity contribution in [2.45, 2.75) is 19.4 Å². The lowest BCUT2D eigenvalue weighted by Crippen LogP contribution is -2.37. The number of hydrogen-bond acceptors (Lipinski definition) is 4. The standard InChI is InChI=1S/C17H25N5S/c1-18-16(19-11-7-10-14-8-5-4-6-9-14)20-12-15-13-23-17(21-15)22(2)3/h4-6,8-9,13H,7,10-12H2,1-3H3,(H2,18,19,20). The van der Waals surface area contributed by atoms with E-state index in [1.54, 1.807) is 18.4 Å². The number of guanidine groups is 1. The first-order chi connectivity index (χ1) is 11.2. The van der Waals surface area contributed by atoms with Gasteiger partial charge in [-0.05, 0) is 18.4 Å². The van der Waals surface area contributed by atoms with Gasteiger partial charge in [-0.1, -0.05) is 30.3 Å². The largest absolute Gasteiger partial charge is 0.356 e. The molecular formula is C17H25N5S. The van der Waals surface area contributed by atoms with Crippen LogP contribution in [0.2, 0.25) is 0 Å². The van der Waals surface area contributed by atoms with Crippen molar-refractivity contribution in [2.75, 3.05) is 32.6 Å². The molecule has 2 rings (SSSR count). The molecular weight excluding hydrogens is 306 g/mol. The Balaban J connectivity index is 1.69. The number of thiazole rings is 1. The van der Waals surface area contributed by atoms with Gasteiger partial charge in [-0.15, -0.1) is 11.3 Å². The van der Waals surface area contributed by atoms with Crippen LogP contribution < -0.4 is 15.5 Å². The maximum Gasteiger partial charge on any atom is 0.191 e. The van der Waals surface area contributed by atoms with Gasteiger partial charge >= 0.3 is 0 Å². The third-order valence-electron chi connectivity index (χ3n) is 3.36. The van der Waals surface area contributed by atoms with Gasteiger partial charge in [0.2, 0.25) is 0 Å². The Hall–Kier alpha value is -2.08. The molecule has 124 valence electrons. The Bertz CT molecular complexity index is 606. The molecule has 0 spiro atoms. The number of benzene rings is 1. The second-order valence-corrected chi connectivity index (χ2v) is 6.29. The van der Waals surface area contributed by atoms with Crippen molar-refractivity contribution >= 4 is 22.4 Å². The summed E-state index contributed by atoms with van der Waals surface area (Å²) >= 11 is 1.65. The van der Waals surface area contributed by atoms with Crippen molar-refractivity contribution in [3.63, 3.8) is 0 Å². The molecule has 0 radical (unpaired) electrons. The Morgan fingerprint density at radius 3 is 2.65 bits per heavy atom. The number of nitrogens with one attached hydrogen (secondary N) is 2. The number of aryl methyl sites for hydroxylation is 1. The molecule has 0 aliphatic rings. The maximum absolute atomic E-state index is 4.55. The Morgan fingerprint density at radius 1 is 1.22 bits per heavy atom. The van der Waals surface area contributed by atoms with Crippen molar-refractivity contribution < 1.29 is 0 Å². The van der Waals surface area contributed by atoms with E-state index in [9.17, 15) is 0 Å². The maximum atomic E-state index is 4.55. The molecule has 0 aliphatic carbocycles. The molecule has 0 atom stereocenters. The number of aromatic nitrogens is 1. The van der Waals surface area contributed by atoms with E-state index in [2.05, 4.69) is 50.3 Å². The molecule has 0 aliphatic heterocycles. The Kier molecular flexibility index (Phi) is 6.87. The molecule has 0 saturated carbocycles. The quantitative estimate of drug-likeness (QED) is 0.465. The number of anilines is 1. The molecule has 23 heavy (non-hydrogen) atoms. The van der Waals surface area contributed by atoms with E-state index in [-0.39, 0.29) is 0 Å². The Labute approximate surface area is 142 Å². The fourth-order valence-electron chi connectivity index (χ4n) is 2.12. The summed E-state index contributed by atoms with van der Waals surface area (Å²) in [5, 5.41) is 9.74. The molecule has 6 heteroatoms. The lowest BCUT2D eigenvalue weighted by atomic mass is 10.1. The molecule has 1 aromatic carbocycles. The van der Waals surface area contributed by atoms with Gasteiger partial charge in [0.25, 0.3) is 0 Å². The molecule has 1 heterocycles. The van der Waals surface area contributed by atoms with E-state index >= 15 is 0 Å². The molecule has 0 bridgehead atoms. The highest BCUT2D eigenvalue weighted by Crippen LogP contribution is 2.17. The SMILES string of the molecule is CN=C(NCCCc1ccccc1)NCc1csc(N(C)C)n1. The number of aliphatic imine (C=N–C) groups is 1. The van der Waals surface area contributed by atoms with Crippen molar-refractivity contribution in [1.29, 1.82) is 0 Å². The van der Waals surface area contributed by atoms with Crippen LogP contribution in [0.5, 0.6) is 0 Å². The van der Waals surface area contributed by atoms with Gasteiger partial charge in [0.05, 0.1) is 12.2 Å². The molecule has 0 amide bonds. The van der Waals surface area contributed by atoms with Crippen LogP contribution in [0, 0.1) is 0 Å². The minimum atomic E-state index is 0.683. The first-order valence-corrected chi connectivity index (χ1v) is 8.67. The van der Waals surface area contributed by atoms with Crippen molar-refractivity contribution in [1.82, 2.24) is 15.6 Å². The summed E-state index contributed by atoms with van der Waals surface area (Å²) in [6.07, 6.45) is 2.15. The number of hydrogen-bond donors (Lipinski definition) is 2. The Morgan fingerprint density at radius 2 is 2.00 bits per heavy atom. The average Bonchev–Trinajstić information content (AvgIpc) is 3.04. The number of nitrogens with zero attached hydrogens (tertiary/aromatic N) is 3. The average molecular weight is 331 g/mol. The summed E-state index contributed by atoms with van der Waals surface area (Å²) in [7, 11) is 5.80. The molecule has 0 unspecified atom stereocenters. The highest BCUT2D eigenvalue weighted by Gasteiger charge is 2.04. The van der Waals surface area contributed by atoms with Crippen LogP contribution in [0.4, 0.5) is 5.13 Å². The predicted octanol–water partition coefficient (Wildman–Crippen LogP) is 2.51. The zero-order valence-electron chi connectivity index (χ0n) is 14.0. The summed E-state index contributed by atoms with van der Waals surface area (Å²) in [6.45, 7) is 1.58. The topological polar surface area (TPSA) is 52.6 Å². The summed E-state index contributed by atoms with van der Waals surface area (Å²) < 4.78 is 0. The van der Waals surface area contributed by atoms with Gasteiger partial charge in [0.15, 0.2) is 11.1 Å². The fourth-order valence-corrected chi connectivity index (χ4v) is 2.88. The van der Waals surface area contributed by atoms with E-state index in [4.69, 9.17) is 0 Å². The van der Waals surface area contributed by atoms with E-state index in [1.165, 1.54) is 5.56 Å². The van der Waals surface area contributed by atoms with Crippen LogP contribution in [0.3, 0.4) is 0 Å². The smallest absolute Gasteiger partial charge is 0.191 e. The zero-order chi connectivity index (χ0) is 16.5. The van der Waals surface area contributed by atoms with Gasteiger partial charge in [-0.25, -0.2) is 4.98 Å². The third-order valence-corrected chi connectivity index (χ3v) is 4.42. The minimum absolute atomic E-state index is 0.683. The molecule has 0 saturated heterocycles. The fraction of sp³-hybridized carbons (Fsp3) is 0.412. The van der Waals surface area contributed by atoms with E-state index in [0.717, 1.165) is 36.2 Å². The normalized spacial score (nSPS) is 11.3. The van der Waals surface area contributed by atoms with E-state index < -0.39 is 0 Å². The van der Waals surface area contributed by atoms with Gasteiger partial charge in [0, 0.05) is 33.1 Å². The van der Waals surface area contributed by atoms with Crippen LogP contribution in [0.25, 0.3) is 0 Å². The van der Waals surface area contributed by atoms with Gasteiger partial charge in [-0.3, -0.25) is 4.99 Å². The van der Waals surface area contributed by atoms with Crippen LogP contribution >= 0.6 is 11.3 Å². The van der Waals surface area contributed by atoms with Crippen LogP contribution in [0.1, 0.15) is 17.7 Å². The number of rotatable bonds is 7. The van der Waals surface area contributed by atoms with Crippen molar-refractivity contribution in [2.24, 2.45) is 4.99 Å². The van der Waals surface area contributed by atoms with E-state index in [1.807, 2.05) is 25.1 Å². The lowest BCUT2D eigenvalue weighted by Gasteiger charge is -2.11. The van der Waals surface area contributed by atoms with Crippen molar-refractivity contribution in [3.05, 3.63) is 47.0 Å². The van der Waals surface area contributed by atoms with Crippen molar-refractivity contribution in [3.8, 4) is 0 Å². The predicted molar refractivity (Wildman–Crippen MR) is 99.4 cm³/mol. The summed E-state index contributed by atoms with van der Waals surface area (Å²) in [5.41, 5.74) is 2.40. The minimum Gasteiger partial charge on any atom is -0.356 e. The van der Waals surface area contributed by atoms with E-state index in [0.29, 0.717) is 6.54 Å². The summed E-state index contributed by atoms with van der Waals surface area (Å²) in [6, 6.07) is 10.5. The van der Waals surface area contributed by atoms with Gasteiger partial charge in [-0.2, -0.15) is 0 Å². The highest BCUT2D eigenvalue weighted by atomic mass is 32.1. The summed E-state index contributed by atoms with van der Waals surface area (Å²) in [4.78, 5) is 10.8. The third kappa shape index (κ3) is 5.90. The molecule has 2 N–H and O–H groups in total. The molecule has 1 aromatic heterocycles. The van der Waals surface area contributed by atoms with Gasteiger partial charge in [0.1, 0.15) is 0 Å². The highest BCUT2D eigenvalue weighted by molar-refractivity contribution is 7.13. The first kappa shape index (κ1) is 17.3. The second-order valence-electron chi connectivity index (χ2n) is 5.46. The van der Waals surface area contributed by atoms with Crippen LogP contribution in [-0.4, -0.2) is 38.6 Å². The summed E-state index contributed by atoms with van der Waals surface area (Å²) in [5.74, 6) is 0.817. The monoisotopic (exact) mass is 331 g/mol. The zero-order valence-corrected chi connectivity index (χ0v) is 14.9. The van der Waals surface area contributed by atoms with Crippen LogP contribution in [0.15, 0.2) is 40.7 Å². The molecule has 5 nitrogen and oxygen atoms in total. The first-order valence-electron chi connectivity index (χ1n) is 7.79. The van der Waals surface area contributed by atoms with Crippen LogP contribution in [-0.2, 0) is 13.0 Å². The lowest BCUT2D eigenvalue weighted by molar-refractivity contribution is 0.739. The van der Waals surface area contributed by atoms with Gasteiger partial charge < -0.3 is 15.5 Å².